The van der Waals surface area contributed by atoms with Crippen LogP contribution in [0.3, 0.4) is 0 Å². The Balaban J connectivity index is 2.09. The van der Waals surface area contributed by atoms with E-state index in [1.807, 2.05) is 26.0 Å². The molecule has 0 heterocycles. The Morgan fingerprint density at radius 2 is 1.84 bits per heavy atom. The van der Waals surface area contributed by atoms with Crippen LogP contribution in [0.1, 0.15) is 57.9 Å². The Bertz CT molecular complexity index is 408. The highest BCUT2D eigenvalue weighted by molar-refractivity contribution is 6.21. The second kappa shape index (κ2) is 5.75. The van der Waals surface area contributed by atoms with Gasteiger partial charge in [0, 0.05) is 0 Å². The number of hydrogen-bond donors (Lipinski definition) is 0. The highest BCUT2D eigenvalue weighted by Crippen LogP contribution is 2.51. The van der Waals surface area contributed by atoms with E-state index >= 15 is 0 Å². The summed E-state index contributed by atoms with van der Waals surface area (Å²) in [5.41, 5.74) is 1.58. The fourth-order valence-electron chi connectivity index (χ4n) is 3.13. The summed E-state index contributed by atoms with van der Waals surface area (Å²) in [5.74, 6) is 1.50. The van der Waals surface area contributed by atoms with Crippen molar-refractivity contribution < 1.29 is 4.74 Å². The molecule has 0 saturated heterocycles. The molecule has 0 spiro atoms. The lowest BCUT2D eigenvalue weighted by Gasteiger charge is -2.31. The summed E-state index contributed by atoms with van der Waals surface area (Å²) >= 11 is 6.71. The Labute approximate surface area is 122 Å². The average molecular weight is 281 g/mol. The molecule has 1 aromatic rings. The molecule has 2 heteroatoms. The van der Waals surface area contributed by atoms with Crippen LogP contribution >= 0.6 is 11.6 Å². The molecule has 0 aromatic heterocycles. The second-order valence-electron chi connectivity index (χ2n) is 6.62. The zero-order valence-corrected chi connectivity index (χ0v) is 13.2. The fraction of sp³-hybridized carbons (Fsp3) is 0.647. The molecule has 1 fully saturated rings. The van der Waals surface area contributed by atoms with Gasteiger partial charge in [0.2, 0.25) is 0 Å². The number of benzene rings is 1. The molecular formula is C17H25ClO. The quantitative estimate of drug-likeness (QED) is 0.654. The largest absolute Gasteiger partial charge is 0.491 e. The summed E-state index contributed by atoms with van der Waals surface area (Å²) in [7, 11) is 0. The van der Waals surface area contributed by atoms with Crippen LogP contribution in [-0.4, -0.2) is 6.10 Å². The molecule has 0 N–H and O–H groups in total. The van der Waals surface area contributed by atoms with E-state index in [0.29, 0.717) is 11.3 Å². The molecule has 106 valence electrons. The average Bonchev–Trinajstić information content (AvgIpc) is 2.68. The van der Waals surface area contributed by atoms with Crippen LogP contribution < -0.4 is 4.74 Å². The lowest BCUT2D eigenvalue weighted by molar-refractivity contribution is 0.241. The Morgan fingerprint density at radius 3 is 2.32 bits per heavy atom. The SMILES string of the molecule is CC(C)Oc1ccc(C(Cl)C2CCCC2(C)C)cc1. The van der Waals surface area contributed by atoms with Crippen LogP contribution in [0, 0.1) is 11.3 Å². The molecule has 0 radical (unpaired) electrons. The molecule has 2 rings (SSSR count). The Kier molecular flexibility index (Phi) is 4.45. The number of rotatable bonds is 4. The maximum Gasteiger partial charge on any atom is 0.119 e. The monoisotopic (exact) mass is 280 g/mol. The van der Waals surface area contributed by atoms with E-state index < -0.39 is 0 Å². The summed E-state index contributed by atoms with van der Waals surface area (Å²) in [5, 5.41) is 0.116. The van der Waals surface area contributed by atoms with E-state index in [1.54, 1.807) is 0 Å². The molecule has 1 saturated carbocycles. The van der Waals surface area contributed by atoms with E-state index in [1.165, 1.54) is 24.8 Å². The Morgan fingerprint density at radius 1 is 1.21 bits per heavy atom. The first-order chi connectivity index (χ1) is 8.90. The molecule has 1 aromatic carbocycles. The van der Waals surface area contributed by atoms with Gasteiger partial charge in [0.05, 0.1) is 11.5 Å². The summed E-state index contributed by atoms with van der Waals surface area (Å²) < 4.78 is 5.67. The van der Waals surface area contributed by atoms with Crippen molar-refractivity contribution in [3.05, 3.63) is 29.8 Å². The van der Waals surface area contributed by atoms with Gasteiger partial charge in [-0.3, -0.25) is 0 Å². The van der Waals surface area contributed by atoms with Gasteiger partial charge in [-0.1, -0.05) is 32.4 Å². The zero-order valence-electron chi connectivity index (χ0n) is 12.4. The van der Waals surface area contributed by atoms with Crippen molar-refractivity contribution in [3.63, 3.8) is 0 Å². The van der Waals surface area contributed by atoms with E-state index in [-0.39, 0.29) is 11.5 Å². The molecular weight excluding hydrogens is 256 g/mol. The van der Waals surface area contributed by atoms with Crippen molar-refractivity contribution in [3.8, 4) is 5.75 Å². The van der Waals surface area contributed by atoms with Gasteiger partial charge >= 0.3 is 0 Å². The molecule has 19 heavy (non-hydrogen) atoms. The van der Waals surface area contributed by atoms with Crippen LogP contribution in [0.2, 0.25) is 0 Å². The smallest absolute Gasteiger partial charge is 0.119 e. The van der Waals surface area contributed by atoms with Gasteiger partial charge in [0.1, 0.15) is 5.75 Å². The third-order valence-electron chi connectivity index (χ3n) is 4.26. The van der Waals surface area contributed by atoms with Crippen molar-refractivity contribution in [1.29, 1.82) is 0 Å². The van der Waals surface area contributed by atoms with Gasteiger partial charge in [-0.2, -0.15) is 0 Å². The highest BCUT2D eigenvalue weighted by Gasteiger charge is 2.39. The van der Waals surface area contributed by atoms with Crippen LogP contribution in [0.4, 0.5) is 0 Å². The van der Waals surface area contributed by atoms with Gasteiger partial charge in [0.15, 0.2) is 0 Å². The molecule has 0 bridgehead atoms. The lowest BCUT2D eigenvalue weighted by atomic mass is 9.78. The van der Waals surface area contributed by atoms with Crippen molar-refractivity contribution in [2.24, 2.45) is 11.3 Å². The van der Waals surface area contributed by atoms with Crippen molar-refractivity contribution in [2.75, 3.05) is 0 Å². The summed E-state index contributed by atoms with van der Waals surface area (Å²) in [6.45, 7) is 8.77. The second-order valence-corrected chi connectivity index (χ2v) is 7.09. The minimum absolute atomic E-state index is 0.116. The van der Waals surface area contributed by atoms with Gasteiger partial charge < -0.3 is 4.74 Å². The van der Waals surface area contributed by atoms with Gasteiger partial charge in [0.25, 0.3) is 0 Å². The minimum Gasteiger partial charge on any atom is -0.491 e. The van der Waals surface area contributed by atoms with E-state index in [2.05, 4.69) is 26.0 Å². The molecule has 1 nitrogen and oxygen atoms in total. The standard InChI is InChI=1S/C17H25ClO/c1-12(2)19-14-9-7-13(8-10-14)16(18)15-6-5-11-17(15,3)4/h7-10,12,15-16H,5-6,11H2,1-4H3. The summed E-state index contributed by atoms with van der Waals surface area (Å²) in [6, 6.07) is 8.30. The topological polar surface area (TPSA) is 9.23 Å². The maximum atomic E-state index is 6.71. The van der Waals surface area contributed by atoms with Crippen LogP contribution in [0.15, 0.2) is 24.3 Å². The van der Waals surface area contributed by atoms with Crippen molar-refractivity contribution >= 4 is 11.6 Å². The third kappa shape index (κ3) is 3.45. The number of ether oxygens (including phenoxy) is 1. The van der Waals surface area contributed by atoms with Gasteiger partial charge in [-0.05, 0) is 55.7 Å². The van der Waals surface area contributed by atoms with Crippen molar-refractivity contribution in [1.82, 2.24) is 0 Å². The first kappa shape index (κ1) is 14.7. The molecule has 1 aliphatic rings. The number of alkyl halides is 1. The fourth-order valence-corrected chi connectivity index (χ4v) is 3.74. The predicted molar refractivity (Wildman–Crippen MR) is 81.9 cm³/mol. The maximum absolute atomic E-state index is 6.71. The van der Waals surface area contributed by atoms with Crippen LogP contribution in [0.5, 0.6) is 5.75 Å². The molecule has 0 aliphatic heterocycles. The molecule has 2 atom stereocenters. The predicted octanol–water partition coefficient (Wildman–Crippen LogP) is 5.58. The Hall–Kier alpha value is -0.690. The highest BCUT2D eigenvalue weighted by atomic mass is 35.5. The summed E-state index contributed by atoms with van der Waals surface area (Å²) in [6.07, 6.45) is 4.04. The van der Waals surface area contributed by atoms with Crippen LogP contribution in [-0.2, 0) is 0 Å². The summed E-state index contributed by atoms with van der Waals surface area (Å²) in [4.78, 5) is 0. The van der Waals surface area contributed by atoms with E-state index in [9.17, 15) is 0 Å². The lowest BCUT2D eigenvalue weighted by Crippen LogP contribution is -2.21. The number of halogens is 1. The molecule has 0 amide bonds. The van der Waals surface area contributed by atoms with Crippen LogP contribution in [0.25, 0.3) is 0 Å². The normalized spacial score (nSPS) is 23.6. The first-order valence-corrected chi connectivity index (χ1v) is 7.74. The minimum atomic E-state index is 0.116. The third-order valence-corrected chi connectivity index (χ3v) is 4.82. The van der Waals surface area contributed by atoms with E-state index in [4.69, 9.17) is 16.3 Å². The molecule has 2 unspecified atom stereocenters. The van der Waals surface area contributed by atoms with Crippen molar-refractivity contribution in [2.45, 2.75) is 58.4 Å². The molecule has 1 aliphatic carbocycles. The van der Waals surface area contributed by atoms with Gasteiger partial charge in [-0.15, -0.1) is 11.6 Å². The number of hydrogen-bond acceptors (Lipinski definition) is 1. The van der Waals surface area contributed by atoms with Gasteiger partial charge in [-0.25, -0.2) is 0 Å². The zero-order chi connectivity index (χ0) is 14.0. The van der Waals surface area contributed by atoms with E-state index in [0.717, 1.165) is 5.75 Å². The first-order valence-electron chi connectivity index (χ1n) is 7.31.